The van der Waals surface area contributed by atoms with Gasteiger partial charge in [-0.1, -0.05) is 0 Å². The van der Waals surface area contributed by atoms with E-state index in [4.69, 9.17) is 0 Å². The molecule has 1 aromatic heterocycles. The first-order chi connectivity index (χ1) is 5.52. The van der Waals surface area contributed by atoms with Crippen molar-refractivity contribution in [3.63, 3.8) is 0 Å². The first-order valence-electron chi connectivity index (χ1n) is 3.50. The molecular formula is C8H10BrNOS. The van der Waals surface area contributed by atoms with E-state index in [0.29, 0.717) is 0 Å². The molecule has 0 aromatic carbocycles. The lowest BCUT2D eigenvalue weighted by Crippen LogP contribution is -2.06. The molecule has 0 saturated heterocycles. The van der Waals surface area contributed by atoms with Crippen LogP contribution in [0.3, 0.4) is 0 Å². The largest absolute Gasteiger partial charge is 0.369 e. The Balaban J connectivity index is 3.09. The van der Waals surface area contributed by atoms with Gasteiger partial charge in [0.2, 0.25) is 0 Å². The highest BCUT2D eigenvalue weighted by Crippen LogP contribution is 2.34. The molecule has 4 heteroatoms. The molecule has 0 aliphatic carbocycles. The van der Waals surface area contributed by atoms with E-state index in [9.17, 15) is 4.79 Å². The van der Waals surface area contributed by atoms with Gasteiger partial charge in [-0.05, 0) is 28.9 Å². The number of hydrogen-bond donors (Lipinski definition) is 0. The van der Waals surface area contributed by atoms with E-state index in [2.05, 4.69) is 15.9 Å². The number of carbonyl (C=O) groups is 1. The van der Waals surface area contributed by atoms with Crippen LogP contribution in [0, 0.1) is 0 Å². The van der Waals surface area contributed by atoms with Gasteiger partial charge in [0.05, 0.1) is 9.35 Å². The summed E-state index contributed by atoms with van der Waals surface area (Å²) in [6.45, 7) is 1.58. The monoisotopic (exact) mass is 247 g/mol. The third-order valence-corrected chi connectivity index (χ3v) is 3.69. The summed E-state index contributed by atoms with van der Waals surface area (Å²) in [5, 5.41) is 1.08. The fourth-order valence-electron chi connectivity index (χ4n) is 0.838. The second-order valence-corrected chi connectivity index (χ2v) is 4.60. The average Bonchev–Trinajstić information content (AvgIpc) is 2.30. The molecule has 1 aromatic rings. The van der Waals surface area contributed by atoms with E-state index in [-0.39, 0.29) is 5.78 Å². The summed E-state index contributed by atoms with van der Waals surface area (Å²) in [6, 6.07) is 1.86. The zero-order chi connectivity index (χ0) is 9.30. The van der Waals surface area contributed by atoms with E-state index >= 15 is 0 Å². The minimum Gasteiger partial charge on any atom is -0.369 e. The quantitative estimate of drug-likeness (QED) is 0.750. The fraction of sp³-hybridized carbons (Fsp3) is 0.375. The molecule has 0 aliphatic heterocycles. The van der Waals surface area contributed by atoms with Crippen molar-refractivity contribution < 1.29 is 4.79 Å². The summed E-state index contributed by atoms with van der Waals surface area (Å²) >= 11 is 4.91. The van der Waals surface area contributed by atoms with Crippen LogP contribution in [0.25, 0.3) is 0 Å². The third-order valence-electron chi connectivity index (χ3n) is 1.42. The number of anilines is 1. The number of nitrogens with zero attached hydrogens (tertiary/aromatic N) is 1. The van der Waals surface area contributed by atoms with Gasteiger partial charge in [0, 0.05) is 14.1 Å². The first kappa shape index (κ1) is 9.74. The maximum absolute atomic E-state index is 11.0. The Morgan fingerprint density at radius 3 is 2.42 bits per heavy atom. The van der Waals surface area contributed by atoms with Gasteiger partial charge in [-0.15, -0.1) is 11.3 Å². The van der Waals surface area contributed by atoms with Crippen molar-refractivity contribution in [1.82, 2.24) is 0 Å². The molecule has 0 aliphatic rings. The molecule has 1 rings (SSSR count). The van der Waals surface area contributed by atoms with Gasteiger partial charge >= 0.3 is 0 Å². The average molecular weight is 248 g/mol. The van der Waals surface area contributed by atoms with Crippen molar-refractivity contribution in [2.75, 3.05) is 19.0 Å². The molecule has 0 spiro atoms. The number of ketones is 1. The lowest BCUT2D eigenvalue weighted by atomic mass is 10.3. The first-order valence-corrected chi connectivity index (χ1v) is 5.11. The molecule has 0 radical (unpaired) electrons. The Hall–Kier alpha value is -0.350. The fourth-order valence-corrected chi connectivity index (χ4v) is 2.68. The van der Waals surface area contributed by atoms with Crippen molar-refractivity contribution in [2.24, 2.45) is 0 Å². The van der Waals surface area contributed by atoms with Crippen LogP contribution >= 0.6 is 27.3 Å². The van der Waals surface area contributed by atoms with E-state index in [1.807, 2.05) is 25.1 Å². The minimum absolute atomic E-state index is 0.119. The number of Topliss-reactive ketones (excluding diaryl/α,β-unsaturated/α-hetero) is 1. The Morgan fingerprint density at radius 2 is 2.17 bits per heavy atom. The smallest absolute Gasteiger partial charge is 0.169 e. The van der Waals surface area contributed by atoms with Crippen LogP contribution in [0.4, 0.5) is 5.00 Å². The normalized spacial score (nSPS) is 10.0. The summed E-state index contributed by atoms with van der Waals surface area (Å²) in [5.41, 5.74) is 0. The second kappa shape index (κ2) is 3.58. The summed E-state index contributed by atoms with van der Waals surface area (Å²) < 4.78 is 0.989. The zero-order valence-electron chi connectivity index (χ0n) is 7.22. The highest BCUT2D eigenvalue weighted by Gasteiger charge is 2.10. The highest BCUT2D eigenvalue weighted by atomic mass is 79.9. The van der Waals surface area contributed by atoms with E-state index in [1.54, 1.807) is 6.92 Å². The van der Waals surface area contributed by atoms with Gasteiger partial charge < -0.3 is 4.90 Å². The topological polar surface area (TPSA) is 20.3 Å². The van der Waals surface area contributed by atoms with Gasteiger partial charge in [-0.3, -0.25) is 4.79 Å². The van der Waals surface area contributed by atoms with Crippen molar-refractivity contribution >= 4 is 38.1 Å². The zero-order valence-corrected chi connectivity index (χ0v) is 9.62. The maximum atomic E-state index is 11.0. The molecule has 0 N–H and O–H groups in total. The molecule has 0 fully saturated rings. The van der Waals surface area contributed by atoms with Crippen LogP contribution in [0.5, 0.6) is 0 Å². The number of halogens is 1. The van der Waals surface area contributed by atoms with Gasteiger partial charge in [0.25, 0.3) is 0 Å². The van der Waals surface area contributed by atoms with Gasteiger partial charge in [-0.2, -0.15) is 0 Å². The summed E-state index contributed by atoms with van der Waals surface area (Å²) in [5.74, 6) is 0.119. The maximum Gasteiger partial charge on any atom is 0.169 e. The molecule has 66 valence electrons. The Morgan fingerprint density at radius 1 is 1.58 bits per heavy atom. The standard InChI is InChI=1S/C8H10BrNOS/c1-5(11)7-4-6(9)8(12-7)10(2)3/h4H,1-3H3. The molecular weight excluding hydrogens is 238 g/mol. The minimum atomic E-state index is 0.119. The Bertz CT molecular complexity index is 306. The van der Waals surface area contributed by atoms with Crippen molar-refractivity contribution in [2.45, 2.75) is 6.92 Å². The van der Waals surface area contributed by atoms with E-state index in [1.165, 1.54) is 11.3 Å². The summed E-state index contributed by atoms with van der Waals surface area (Å²) in [4.78, 5) is 13.8. The SMILES string of the molecule is CC(=O)c1cc(Br)c(N(C)C)s1. The predicted octanol–water partition coefficient (Wildman–Crippen LogP) is 2.78. The second-order valence-electron chi connectivity index (χ2n) is 2.71. The Kier molecular flexibility index (Phi) is 2.90. The molecule has 0 amide bonds. The van der Waals surface area contributed by atoms with E-state index in [0.717, 1.165) is 14.4 Å². The van der Waals surface area contributed by atoms with Crippen molar-refractivity contribution in [1.29, 1.82) is 0 Å². The van der Waals surface area contributed by atoms with Crippen LogP contribution in [0.1, 0.15) is 16.6 Å². The third kappa shape index (κ3) is 1.87. The van der Waals surface area contributed by atoms with Crippen LogP contribution in [0.15, 0.2) is 10.5 Å². The Labute approximate surface area is 84.3 Å². The van der Waals surface area contributed by atoms with Crippen LogP contribution in [-0.4, -0.2) is 19.9 Å². The predicted molar refractivity (Wildman–Crippen MR) is 56.4 cm³/mol. The summed E-state index contributed by atoms with van der Waals surface area (Å²) in [7, 11) is 3.92. The van der Waals surface area contributed by atoms with Gasteiger partial charge in [-0.25, -0.2) is 0 Å². The van der Waals surface area contributed by atoms with Gasteiger partial charge in [0.1, 0.15) is 5.00 Å². The van der Waals surface area contributed by atoms with E-state index < -0.39 is 0 Å². The number of carbonyl (C=O) groups excluding carboxylic acids is 1. The van der Waals surface area contributed by atoms with Crippen LogP contribution < -0.4 is 4.90 Å². The van der Waals surface area contributed by atoms with Crippen molar-refractivity contribution in [3.05, 3.63) is 15.4 Å². The molecule has 0 unspecified atom stereocenters. The summed E-state index contributed by atoms with van der Waals surface area (Å²) in [6.07, 6.45) is 0. The lowest BCUT2D eigenvalue weighted by Gasteiger charge is -2.08. The highest BCUT2D eigenvalue weighted by molar-refractivity contribution is 9.10. The van der Waals surface area contributed by atoms with Crippen molar-refractivity contribution in [3.8, 4) is 0 Å². The molecule has 0 atom stereocenters. The number of rotatable bonds is 2. The number of thiophene rings is 1. The molecule has 0 bridgehead atoms. The lowest BCUT2D eigenvalue weighted by molar-refractivity contribution is 0.102. The molecule has 0 saturated carbocycles. The molecule has 1 heterocycles. The van der Waals surface area contributed by atoms with Crippen LogP contribution in [-0.2, 0) is 0 Å². The molecule has 2 nitrogen and oxygen atoms in total. The van der Waals surface area contributed by atoms with Crippen LogP contribution in [0.2, 0.25) is 0 Å². The number of hydrogen-bond acceptors (Lipinski definition) is 3. The molecule has 12 heavy (non-hydrogen) atoms. The van der Waals surface area contributed by atoms with Gasteiger partial charge in [0.15, 0.2) is 5.78 Å².